The van der Waals surface area contributed by atoms with E-state index in [9.17, 15) is 9.59 Å². The zero-order valence-electron chi connectivity index (χ0n) is 12.7. The number of rotatable bonds is 9. The average molecular weight is 292 g/mol. The minimum atomic E-state index is -0.264. The Kier molecular flexibility index (Phi) is 7.86. The average Bonchev–Trinajstić information content (AvgIpc) is 2.51. The molecule has 0 bridgehead atoms. The lowest BCUT2D eigenvalue weighted by atomic mass is 10.3. The second kappa shape index (κ2) is 9.74. The van der Waals surface area contributed by atoms with Crippen LogP contribution in [0.15, 0.2) is 18.3 Å². The van der Waals surface area contributed by atoms with Gasteiger partial charge < -0.3 is 16.0 Å². The van der Waals surface area contributed by atoms with Crippen LogP contribution in [0.25, 0.3) is 0 Å². The Morgan fingerprint density at radius 2 is 1.81 bits per heavy atom. The van der Waals surface area contributed by atoms with Crippen molar-refractivity contribution in [3.05, 3.63) is 24.0 Å². The van der Waals surface area contributed by atoms with Crippen LogP contribution in [0.4, 0.5) is 5.69 Å². The molecule has 2 amide bonds. The van der Waals surface area contributed by atoms with Gasteiger partial charge in [-0.1, -0.05) is 13.8 Å². The van der Waals surface area contributed by atoms with Gasteiger partial charge >= 0.3 is 0 Å². The van der Waals surface area contributed by atoms with Gasteiger partial charge in [0.15, 0.2) is 0 Å². The summed E-state index contributed by atoms with van der Waals surface area (Å²) in [5.74, 6) is -0.315. The predicted octanol–water partition coefficient (Wildman–Crippen LogP) is 1.55. The van der Waals surface area contributed by atoms with E-state index in [-0.39, 0.29) is 18.2 Å². The topological polar surface area (TPSA) is 83.1 Å². The quantitative estimate of drug-likeness (QED) is 0.645. The van der Waals surface area contributed by atoms with E-state index in [0.29, 0.717) is 18.8 Å². The van der Waals surface area contributed by atoms with Gasteiger partial charge in [0.2, 0.25) is 5.91 Å². The van der Waals surface area contributed by atoms with E-state index in [1.54, 1.807) is 12.3 Å². The molecule has 1 rings (SSSR count). The lowest BCUT2D eigenvalue weighted by Gasteiger charge is -2.07. The molecule has 0 aliphatic rings. The van der Waals surface area contributed by atoms with Crippen LogP contribution >= 0.6 is 0 Å². The predicted molar refractivity (Wildman–Crippen MR) is 83.3 cm³/mol. The van der Waals surface area contributed by atoms with Crippen molar-refractivity contribution in [1.29, 1.82) is 0 Å². The Hall–Kier alpha value is -2.11. The fourth-order valence-electron chi connectivity index (χ4n) is 1.64. The van der Waals surface area contributed by atoms with Gasteiger partial charge in [0.25, 0.3) is 5.91 Å². The van der Waals surface area contributed by atoms with Crippen LogP contribution in [0, 0.1) is 0 Å². The van der Waals surface area contributed by atoms with Gasteiger partial charge in [-0.15, -0.1) is 0 Å². The third kappa shape index (κ3) is 6.74. The molecule has 6 heteroatoms. The number of hydrogen-bond donors (Lipinski definition) is 3. The van der Waals surface area contributed by atoms with Crippen LogP contribution in [0.5, 0.6) is 0 Å². The summed E-state index contributed by atoms with van der Waals surface area (Å²) in [5, 5.41) is 8.64. The first-order chi connectivity index (χ1) is 10.2. The normalized spacial score (nSPS) is 10.0. The minimum absolute atomic E-state index is 0.0516. The van der Waals surface area contributed by atoms with Crippen molar-refractivity contribution in [2.75, 3.05) is 25.0 Å². The Labute approximate surface area is 125 Å². The molecule has 0 aliphatic carbocycles. The van der Waals surface area contributed by atoms with Crippen molar-refractivity contribution < 1.29 is 9.59 Å². The van der Waals surface area contributed by atoms with Gasteiger partial charge in [-0.05, 0) is 25.0 Å². The SMILES string of the molecule is CCCNC(=O)CCNC(=O)c1ccc(NCCC)cn1. The van der Waals surface area contributed by atoms with Crippen LogP contribution in [-0.4, -0.2) is 36.4 Å². The fraction of sp³-hybridized carbons (Fsp3) is 0.533. The van der Waals surface area contributed by atoms with E-state index < -0.39 is 0 Å². The molecule has 6 nitrogen and oxygen atoms in total. The fourth-order valence-corrected chi connectivity index (χ4v) is 1.64. The van der Waals surface area contributed by atoms with E-state index in [1.165, 1.54) is 0 Å². The molecule has 0 spiro atoms. The van der Waals surface area contributed by atoms with E-state index in [4.69, 9.17) is 0 Å². The summed E-state index contributed by atoms with van der Waals surface area (Å²) >= 11 is 0. The third-order valence-electron chi connectivity index (χ3n) is 2.79. The highest BCUT2D eigenvalue weighted by molar-refractivity contribution is 5.92. The third-order valence-corrected chi connectivity index (χ3v) is 2.79. The second-order valence-corrected chi connectivity index (χ2v) is 4.71. The van der Waals surface area contributed by atoms with E-state index >= 15 is 0 Å². The number of anilines is 1. The molecular formula is C15H24N4O2. The van der Waals surface area contributed by atoms with Crippen molar-refractivity contribution >= 4 is 17.5 Å². The zero-order valence-corrected chi connectivity index (χ0v) is 12.7. The molecule has 1 aromatic heterocycles. The van der Waals surface area contributed by atoms with Crippen molar-refractivity contribution in [2.24, 2.45) is 0 Å². The molecule has 1 heterocycles. The van der Waals surface area contributed by atoms with Gasteiger partial charge in [0, 0.05) is 26.1 Å². The van der Waals surface area contributed by atoms with Gasteiger partial charge in [0.05, 0.1) is 11.9 Å². The van der Waals surface area contributed by atoms with E-state index in [2.05, 4.69) is 27.9 Å². The first-order valence-electron chi connectivity index (χ1n) is 7.42. The van der Waals surface area contributed by atoms with Crippen LogP contribution in [0.3, 0.4) is 0 Å². The van der Waals surface area contributed by atoms with Gasteiger partial charge in [0.1, 0.15) is 5.69 Å². The minimum Gasteiger partial charge on any atom is -0.384 e. The monoisotopic (exact) mass is 292 g/mol. The molecule has 116 valence electrons. The number of nitrogens with one attached hydrogen (secondary N) is 3. The molecule has 21 heavy (non-hydrogen) atoms. The number of hydrogen-bond acceptors (Lipinski definition) is 4. The maximum absolute atomic E-state index is 11.8. The number of pyridine rings is 1. The maximum atomic E-state index is 11.8. The summed E-state index contributed by atoms with van der Waals surface area (Å²) in [7, 11) is 0. The van der Waals surface area contributed by atoms with E-state index in [0.717, 1.165) is 25.1 Å². The Morgan fingerprint density at radius 1 is 1.05 bits per heavy atom. The van der Waals surface area contributed by atoms with Crippen LogP contribution < -0.4 is 16.0 Å². The molecule has 0 radical (unpaired) electrons. The summed E-state index contributed by atoms with van der Waals surface area (Å²) in [4.78, 5) is 27.3. The maximum Gasteiger partial charge on any atom is 0.269 e. The van der Waals surface area contributed by atoms with Crippen LogP contribution in [0.2, 0.25) is 0 Å². The van der Waals surface area contributed by atoms with Crippen LogP contribution in [-0.2, 0) is 4.79 Å². The molecular weight excluding hydrogens is 268 g/mol. The highest BCUT2D eigenvalue weighted by Gasteiger charge is 2.07. The van der Waals surface area contributed by atoms with E-state index in [1.807, 2.05) is 13.0 Å². The van der Waals surface area contributed by atoms with Gasteiger partial charge in [-0.2, -0.15) is 0 Å². The Morgan fingerprint density at radius 3 is 2.43 bits per heavy atom. The lowest BCUT2D eigenvalue weighted by Crippen LogP contribution is -2.31. The first kappa shape index (κ1) is 16.9. The van der Waals surface area contributed by atoms with Crippen molar-refractivity contribution in [3.63, 3.8) is 0 Å². The van der Waals surface area contributed by atoms with Crippen molar-refractivity contribution in [3.8, 4) is 0 Å². The number of aromatic nitrogens is 1. The number of carbonyl (C=O) groups is 2. The van der Waals surface area contributed by atoms with Crippen LogP contribution in [0.1, 0.15) is 43.6 Å². The first-order valence-corrected chi connectivity index (χ1v) is 7.42. The Bertz CT molecular complexity index is 445. The summed E-state index contributed by atoms with van der Waals surface area (Å²) in [6, 6.07) is 3.50. The highest BCUT2D eigenvalue weighted by Crippen LogP contribution is 2.06. The molecule has 0 atom stereocenters. The zero-order chi connectivity index (χ0) is 15.5. The smallest absolute Gasteiger partial charge is 0.269 e. The van der Waals surface area contributed by atoms with Crippen molar-refractivity contribution in [1.82, 2.24) is 15.6 Å². The number of carbonyl (C=O) groups excluding carboxylic acids is 2. The second-order valence-electron chi connectivity index (χ2n) is 4.71. The summed E-state index contributed by atoms with van der Waals surface area (Å²) in [5.41, 5.74) is 1.25. The van der Waals surface area contributed by atoms with Gasteiger partial charge in [-0.3, -0.25) is 9.59 Å². The molecule has 0 unspecified atom stereocenters. The molecule has 1 aromatic rings. The number of nitrogens with zero attached hydrogens (tertiary/aromatic N) is 1. The lowest BCUT2D eigenvalue weighted by molar-refractivity contribution is -0.120. The Balaban J connectivity index is 2.33. The number of amides is 2. The molecule has 0 aromatic carbocycles. The largest absolute Gasteiger partial charge is 0.384 e. The molecule has 0 aliphatic heterocycles. The molecule has 0 fully saturated rings. The molecule has 0 saturated heterocycles. The summed E-state index contributed by atoms with van der Waals surface area (Å²) < 4.78 is 0. The summed E-state index contributed by atoms with van der Waals surface area (Å²) in [6.45, 7) is 5.93. The standard InChI is InChI=1S/C15H24N4O2/c1-3-8-16-12-5-6-13(19-11-12)15(21)18-10-7-14(20)17-9-4-2/h5-6,11,16H,3-4,7-10H2,1-2H3,(H,17,20)(H,18,21). The molecule has 0 saturated carbocycles. The summed E-state index contributed by atoms with van der Waals surface area (Å²) in [6.07, 6.45) is 3.85. The van der Waals surface area contributed by atoms with Gasteiger partial charge in [-0.25, -0.2) is 4.98 Å². The van der Waals surface area contributed by atoms with Crippen molar-refractivity contribution in [2.45, 2.75) is 33.1 Å². The molecule has 3 N–H and O–H groups in total. The highest BCUT2D eigenvalue weighted by atomic mass is 16.2.